The van der Waals surface area contributed by atoms with Crippen LogP contribution in [0.4, 0.5) is 0 Å². The van der Waals surface area contributed by atoms with Crippen LogP contribution in [0.15, 0.2) is 0 Å². The fourth-order valence-corrected chi connectivity index (χ4v) is 3.37. The smallest absolute Gasteiger partial charge is 0.222 e. The molecule has 1 heterocycles. The minimum atomic E-state index is 0.368. The molecule has 19 heavy (non-hydrogen) atoms. The number of carbonyl (C=O) groups is 1. The van der Waals surface area contributed by atoms with Gasteiger partial charge in [-0.2, -0.15) is 0 Å². The minimum absolute atomic E-state index is 0.368. The van der Waals surface area contributed by atoms with Crippen molar-refractivity contribution in [3.63, 3.8) is 0 Å². The summed E-state index contributed by atoms with van der Waals surface area (Å²) in [5.74, 6) is 0.944. The minimum Gasteiger partial charge on any atom is -0.341 e. The van der Waals surface area contributed by atoms with Crippen LogP contribution >= 0.6 is 0 Å². The van der Waals surface area contributed by atoms with Crippen molar-refractivity contribution in [2.45, 2.75) is 57.0 Å². The highest BCUT2D eigenvalue weighted by Crippen LogP contribution is 2.27. The summed E-state index contributed by atoms with van der Waals surface area (Å²) < 4.78 is 0. The molecule has 1 atom stereocenters. The lowest BCUT2D eigenvalue weighted by Gasteiger charge is -2.37. The molecule has 1 aliphatic heterocycles. The summed E-state index contributed by atoms with van der Waals surface area (Å²) in [5, 5.41) is 0. The zero-order valence-corrected chi connectivity index (χ0v) is 12.5. The quantitative estimate of drug-likeness (QED) is 0.842. The largest absolute Gasteiger partial charge is 0.341 e. The maximum Gasteiger partial charge on any atom is 0.222 e. The molecular formula is C15H29N3O. The van der Waals surface area contributed by atoms with Crippen molar-refractivity contribution in [3.8, 4) is 0 Å². The van der Waals surface area contributed by atoms with Crippen molar-refractivity contribution < 1.29 is 4.79 Å². The Hall–Kier alpha value is -0.610. The van der Waals surface area contributed by atoms with Gasteiger partial charge in [-0.15, -0.1) is 0 Å². The van der Waals surface area contributed by atoms with E-state index in [4.69, 9.17) is 5.73 Å². The molecule has 1 aliphatic carbocycles. The van der Waals surface area contributed by atoms with Gasteiger partial charge in [0.25, 0.3) is 0 Å². The lowest BCUT2D eigenvalue weighted by molar-refractivity contribution is -0.134. The van der Waals surface area contributed by atoms with E-state index < -0.39 is 0 Å². The van der Waals surface area contributed by atoms with Crippen LogP contribution in [0.1, 0.15) is 44.9 Å². The SMILES string of the molecule is CN(C)C1CCCN(C(=O)CC2CCC(N)CC2)C1. The maximum absolute atomic E-state index is 12.4. The van der Waals surface area contributed by atoms with Gasteiger partial charge in [0.15, 0.2) is 0 Å². The Balaban J connectivity index is 1.79. The Bertz CT molecular complexity index is 298. The highest BCUT2D eigenvalue weighted by atomic mass is 16.2. The van der Waals surface area contributed by atoms with Crippen LogP contribution in [0.3, 0.4) is 0 Å². The molecule has 4 heteroatoms. The van der Waals surface area contributed by atoms with Gasteiger partial charge in [0.05, 0.1) is 0 Å². The first-order valence-corrected chi connectivity index (χ1v) is 7.76. The third-order valence-corrected chi connectivity index (χ3v) is 4.83. The predicted molar refractivity (Wildman–Crippen MR) is 77.8 cm³/mol. The molecule has 0 bridgehead atoms. The molecule has 1 saturated heterocycles. The van der Waals surface area contributed by atoms with Gasteiger partial charge >= 0.3 is 0 Å². The fraction of sp³-hybridized carbons (Fsp3) is 0.933. The number of nitrogens with two attached hydrogens (primary N) is 1. The number of likely N-dealkylation sites (N-methyl/N-ethyl adjacent to an activating group) is 1. The van der Waals surface area contributed by atoms with Crippen molar-refractivity contribution in [2.24, 2.45) is 11.7 Å². The molecule has 0 aromatic rings. The molecule has 1 saturated carbocycles. The van der Waals surface area contributed by atoms with Gasteiger partial charge in [-0.1, -0.05) is 0 Å². The van der Waals surface area contributed by atoms with Crippen molar-refractivity contribution in [1.29, 1.82) is 0 Å². The Morgan fingerprint density at radius 2 is 1.89 bits per heavy atom. The molecule has 2 N–H and O–H groups in total. The van der Waals surface area contributed by atoms with Crippen molar-refractivity contribution in [1.82, 2.24) is 9.80 Å². The first-order chi connectivity index (χ1) is 9.06. The third kappa shape index (κ3) is 4.18. The van der Waals surface area contributed by atoms with Gasteiger partial charge in [-0.25, -0.2) is 0 Å². The highest BCUT2D eigenvalue weighted by molar-refractivity contribution is 5.76. The second kappa shape index (κ2) is 6.71. The summed E-state index contributed by atoms with van der Waals surface area (Å²) in [6.45, 7) is 1.87. The molecule has 2 aliphatic rings. The summed E-state index contributed by atoms with van der Waals surface area (Å²) in [7, 11) is 4.22. The van der Waals surface area contributed by atoms with Crippen LogP contribution in [-0.2, 0) is 4.79 Å². The molecule has 0 aromatic carbocycles. The fourth-order valence-electron chi connectivity index (χ4n) is 3.37. The number of nitrogens with zero attached hydrogens (tertiary/aromatic N) is 2. The summed E-state index contributed by atoms with van der Waals surface area (Å²) >= 11 is 0. The van der Waals surface area contributed by atoms with Crippen LogP contribution in [0, 0.1) is 5.92 Å². The van der Waals surface area contributed by atoms with Gasteiger partial charge in [0.2, 0.25) is 5.91 Å². The van der Waals surface area contributed by atoms with Crippen LogP contribution in [0.25, 0.3) is 0 Å². The number of piperidine rings is 1. The maximum atomic E-state index is 12.4. The van der Waals surface area contributed by atoms with Gasteiger partial charge in [0.1, 0.15) is 0 Å². The average Bonchev–Trinajstić information content (AvgIpc) is 2.41. The third-order valence-electron chi connectivity index (χ3n) is 4.83. The number of amides is 1. The molecule has 0 spiro atoms. The highest BCUT2D eigenvalue weighted by Gasteiger charge is 2.27. The zero-order valence-electron chi connectivity index (χ0n) is 12.5. The average molecular weight is 267 g/mol. The lowest BCUT2D eigenvalue weighted by atomic mass is 9.84. The molecule has 2 rings (SSSR count). The zero-order chi connectivity index (χ0) is 13.8. The van der Waals surface area contributed by atoms with Crippen molar-refractivity contribution >= 4 is 5.91 Å². The summed E-state index contributed by atoms with van der Waals surface area (Å²) in [5.41, 5.74) is 5.92. The molecule has 4 nitrogen and oxygen atoms in total. The van der Waals surface area contributed by atoms with Crippen LogP contribution < -0.4 is 5.73 Å². The lowest BCUT2D eigenvalue weighted by Crippen LogP contribution is -2.48. The first-order valence-electron chi connectivity index (χ1n) is 7.76. The van der Waals surface area contributed by atoms with E-state index in [2.05, 4.69) is 23.9 Å². The number of hydrogen-bond acceptors (Lipinski definition) is 3. The van der Waals surface area contributed by atoms with E-state index in [0.717, 1.165) is 51.6 Å². The van der Waals surface area contributed by atoms with Crippen molar-refractivity contribution in [3.05, 3.63) is 0 Å². The molecule has 0 radical (unpaired) electrons. The predicted octanol–water partition coefficient (Wildman–Crippen LogP) is 1.45. The van der Waals surface area contributed by atoms with E-state index in [9.17, 15) is 4.79 Å². The Labute approximate surface area is 117 Å². The van der Waals surface area contributed by atoms with Crippen LogP contribution in [0.2, 0.25) is 0 Å². The molecule has 2 fully saturated rings. The topological polar surface area (TPSA) is 49.6 Å². The second-order valence-electron chi connectivity index (χ2n) is 6.58. The number of hydrogen-bond donors (Lipinski definition) is 1. The second-order valence-corrected chi connectivity index (χ2v) is 6.58. The van der Waals surface area contributed by atoms with Gasteiger partial charge < -0.3 is 15.5 Å². The van der Waals surface area contributed by atoms with E-state index in [1.54, 1.807) is 0 Å². The van der Waals surface area contributed by atoms with E-state index in [-0.39, 0.29) is 0 Å². The van der Waals surface area contributed by atoms with E-state index in [1.165, 1.54) is 6.42 Å². The standard InChI is InChI=1S/C15H29N3O/c1-17(2)14-4-3-9-18(11-14)15(19)10-12-5-7-13(16)8-6-12/h12-14H,3-11,16H2,1-2H3. The van der Waals surface area contributed by atoms with Gasteiger partial charge in [0, 0.05) is 31.6 Å². The molecule has 0 aromatic heterocycles. The monoisotopic (exact) mass is 267 g/mol. The van der Waals surface area contributed by atoms with Crippen LogP contribution in [-0.4, -0.2) is 55.0 Å². The van der Waals surface area contributed by atoms with E-state index in [0.29, 0.717) is 23.9 Å². The molecular weight excluding hydrogens is 238 g/mol. The Morgan fingerprint density at radius 1 is 1.21 bits per heavy atom. The Morgan fingerprint density at radius 3 is 2.53 bits per heavy atom. The van der Waals surface area contributed by atoms with E-state index in [1.807, 2.05) is 0 Å². The Kier molecular flexibility index (Phi) is 5.22. The van der Waals surface area contributed by atoms with Crippen molar-refractivity contribution in [2.75, 3.05) is 27.2 Å². The molecule has 110 valence electrons. The summed E-state index contributed by atoms with van der Waals surface area (Å²) in [6, 6.07) is 0.914. The number of likely N-dealkylation sites (tertiary alicyclic amines) is 1. The first kappa shape index (κ1) is 14.8. The summed E-state index contributed by atoms with van der Waals surface area (Å²) in [6.07, 6.45) is 7.57. The van der Waals surface area contributed by atoms with E-state index >= 15 is 0 Å². The molecule has 1 amide bonds. The van der Waals surface area contributed by atoms with Gasteiger partial charge in [-0.05, 0) is 58.5 Å². The van der Waals surface area contributed by atoms with Crippen LogP contribution in [0.5, 0.6) is 0 Å². The van der Waals surface area contributed by atoms with Gasteiger partial charge in [-0.3, -0.25) is 4.79 Å². The number of rotatable bonds is 3. The number of carbonyl (C=O) groups excluding carboxylic acids is 1. The summed E-state index contributed by atoms with van der Waals surface area (Å²) in [4.78, 5) is 16.7. The molecule has 1 unspecified atom stereocenters. The normalized spacial score (nSPS) is 32.6.